The molecule has 0 spiro atoms. The number of hydrogen-bond donors (Lipinski definition) is 2. The Balaban J connectivity index is 1.70. The second-order valence-corrected chi connectivity index (χ2v) is 10.3. The summed E-state index contributed by atoms with van der Waals surface area (Å²) in [7, 11) is -3.89. The summed E-state index contributed by atoms with van der Waals surface area (Å²) in [4.78, 5) is 31.5. The zero-order chi connectivity index (χ0) is 25.4. The van der Waals surface area contributed by atoms with Crippen LogP contribution in [0.1, 0.15) is 30.0 Å². The van der Waals surface area contributed by atoms with Crippen molar-refractivity contribution in [3.05, 3.63) is 59.7 Å². The fourth-order valence-corrected chi connectivity index (χ4v) is 4.97. The fourth-order valence-electron chi connectivity index (χ4n) is 3.91. The molecule has 13 heteroatoms. The zero-order valence-electron chi connectivity index (χ0n) is 18.7. The van der Waals surface area contributed by atoms with Crippen molar-refractivity contribution in [2.45, 2.75) is 37.8 Å². The third-order valence-corrected chi connectivity index (χ3v) is 7.37. The Morgan fingerprint density at radius 2 is 1.91 bits per heavy atom. The smallest absolute Gasteiger partial charge is 0.280 e. The Bertz CT molecular complexity index is 1230. The lowest BCUT2D eigenvalue weighted by molar-refractivity contribution is -0.132. The van der Waals surface area contributed by atoms with Crippen LogP contribution in [0, 0.1) is 12.7 Å². The molecule has 1 saturated heterocycles. The van der Waals surface area contributed by atoms with Crippen molar-refractivity contribution in [2.75, 3.05) is 24.5 Å². The number of nitrogens with one attached hydrogen (secondary N) is 2. The Morgan fingerprint density at radius 1 is 1.23 bits per heavy atom. The molecule has 0 radical (unpaired) electrons. The Kier molecular flexibility index (Phi) is 6.84. The molecular formula is C22H24F3N5O4S. The first-order valence-electron chi connectivity index (χ1n) is 10.9. The zero-order valence-corrected chi connectivity index (χ0v) is 19.6. The third-order valence-electron chi connectivity index (χ3n) is 5.82. The van der Waals surface area contributed by atoms with Crippen LogP contribution in [0.5, 0.6) is 0 Å². The number of alkyl halides is 2. The fraction of sp³-hybridized carbons (Fsp3) is 0.409. The quantitative estimate of drug-likeness (QED) is 0.498. The molecule has 2 aromatic rings. The molecule has 1 aromatic heterocycles. The van der Waals surface area contributed by atoms with Crippen LogP contribution in [-0.2, 0) is 19.8 Å². The van der Waals surface area contributed by atoms with E-state index in [2.05, 4.69) is 15.0 Å². The van der Waals surface area contributed by atoms with Crippen LogP contribution >= 0.6 is 0 Å². The average molecular weight is 512 g/mol. The molecule has 4 rings (SSSR count). The SMILES string of the molecule is Cc1ccccc1[C@@H](C(=O)NC1CC(F)(F)C1)N(C(=O)CNS(=O)(=O)N1CC1)c1cncc(F)c1. The Hall–Kier alpha value is -3.03. The van der Waals surface area contributed by atoms with Gasteiger partial charge in [-0.05, 0) is 18.1 Å². The summed E-state index contributed by atoms with van der Waals surface area (Å²) in [6, 6.07) is 5.43. The molecule has 1 aliphatic heterocycles. The molecule has 1 aromatic carbocycles. The van der Waals surface area contributed by atoms with Crippen molar-refractivity contribution < 1.29 is 31.2 Å². The number of aryl methyl sites for hydroxylation is 1. The second kappa shape index (κ2) is 9.55. The van der Waals surface area contributed by atoms with Gasteiger partial charge in [-0.25, -0.2) is 13.2 Å². The molecule has 1 aliphatic carbocycles. The van der Waals surface area contributed by atoms with Crippen molar-refractivity contribution >= 4 is 27.7 Å². The number of amides is 2. The van der Waals surface area contributed by atoms with Gasteiger partial charge in [-0.15, -0.1) is 0 Å². The number of aromatic nitrogens is 1. The number of rotatable bonds is 9. The molecule has 2 heterocycles. The van der Waals surface area contributed by atoms with E-state index in [1.54, 1.807) is 31.2 Å². The predicted molar refractivity (Wildman–Crippen MR) is 120 cm³/mol. The van der Waals surface area contributed by atoms with Crippen LogP contribution in [0.2, 0.25) is 0 Å². The lowest BCUT2D eigenvalue weighted by Gasteiger charge is -2.38. The first-order chi connectivity index (χ1) is 16.5. The highest BCUT2D eigenvalue weighted by Crippen LogP contribution is 2.38. The van der Waals surface area contributed by atoms with Crippen molar-refractivity contribution in [1.82, 2.24) is 19.3 Å². The van der Waals surface area contributed by atoms with E-state index in [0.717, 1.165) is 27.7 Å². The summed E-state index contributed by atoms with van der Waals surface area (Å²) >= 11 is 0. The van der Waals surface area contributed by atoms with E-state index < -0.39 is 65.2 Å². The lowest BCUT2D eigenvalue weighted by Crippen LogP contribution is -2.55. The number of hydrogen-bond acceptors (Lipinski definition) is 5. The summed E-state index contributed by atoms with van der Waals surface area (Å²) in [6.07, 6.45) is 0.999. The van der Waals surface area contributed by atoms with Gasteiger partial charge in [-0.3, -0.25) is 19.5 Å². The first kappa shape index (κ1) is 25.1. The third kappa shape index (κ3) is 5.80. The highest BCUT2D eigenvalue weighted by atomic mass is 32.2. The van der Waals surface area contributed by atoms with E-state index in [4.69, 9.17) is 0 Å². The molecule has 188 valence electrons. The van der Waals surface area contributed by atoms with E-state index in [1.165, 1.54) is 0 Å². The summed E-state index contributed by atoms with van der Waals surface area (Å²) in [5.74, 6) is -5.28. The lowest BCUT2D eigenvalue weighted by atomic mass is 9.87. The molecule has 2 fully saturated rings. The minimum absolute atomic E-state index is 0.0942. The molecule has 2 amide bonds. The van der Waals surface area contributed by atoms with Crippen LogP contribution in [0.25, 0.3) is 0 Å². The van der Waals surface area contributed by atoms with Crippen LogP contribution < -0.4 is 14.9 Å². The molecule has 0 bridgehead atoms. The number of carbonyl (C=O) groups is 2. The largest absolute Gasteiger partial charge is 0.351 e. The molecule has 1 saturated carbocycles. The standard InChI is InChI=1S/C22H24F3N5O4S/c1-14-4-2-3-5-18(14)20(21(32)28-16-9-22(24,25)10-16)30(17-8-15(23)11-26-12-17)19(31)13-27-35(33,34)29-6-7-29/h2-5,8,11-12,16,20,27H,6-7,9-10,13H2,1H3,(H,28,32)/t20-/m0/s1. The molecule has 0 unspecified atom stereocenters. The number of pyridine rings is 1. The molecule has 2 N–H and O–H groups in total. The summed E-state index contributed by atoms with van der Waals surface area (Å²) in [5, 5.41) is 2.54. The minimum Gasteiger partial charge on any atom is -0.351 e. The second-order valence-electron chi connectivity index (χ2n) is 8.58. The van der Waals surface area contributed by atoms with Gasteiger partial charge in [0.15, 0.2) is 0 Å². The molecule has 1 atom stereocenters. The van der Waals surface area contributed by atoms with Gasteiger partial charge in [-0.2, -0.15) is 17.4 Å². The van der Waals surface area contributed by atoms with Gasteiger partial charge < -0.3 is 5.32 Å². The maximum atomic E-state index is 14.1. The summed E-state index contributed by atoms with van der Waals surface area (Å²) in [6.45, 7) is 1.62. The van der Waals surface area contributed by atoms with E-state index in [-0.39, 0.29) is 5.69 Å². The van der Waals surface area contributed by atoms with Gasteiger partial charge in [0.05, 0.1) is 24.6 Å². The topological polar surface area (TPSA) is 111 Å². The van der Waals surface area contributed by atoms with Crippen molar-refractivity contribution in [1.29, 1.82) is 0 Å². The number of benzene rings is 1. The number of halogens is 3. The number of anilines is 1. The highest BCUT2D eigenvalue weighted by Gasteiger charge is 2.47. The summed E-state index contributed by atoms with van der Waals surface area (Å²) in [5.41, 5.74) is 0.879. The van der Waals surface area contributed by atoms with Crippen LogP contribution in [0.15, 0.2) is 42.7 Å². The Morgan fingerprint density at radius 3 is 2.51 bits per heavy atom. The van der Waals surface area contributed by atoms with Crippen molar-refractivity contribution in [3.63, 3.8) is 0 Å². The maximum absolute atomic E-state index is 14.1. The maximum Gasteiger partial charge on any atom is 0.280 e. The van der Waals surface area contributed by atoms with E-state index >= 15 is 0 Å². The minimum atomic E-state index is -3.89. The van der Waals surface area contributed by atoms with Gasteiger partial charge >= 0.3 is 0 Å². The average Bonchev–Trinajstić information content (AvgIpc) is 3.61. The molecular weight excluding hydrogens is 487 g/mol. The monoisotopic (exact) mass is 511 g/mol. The first-order valence-corrected chi connectivity index (χ1v) is 12.3. The van der Waals surface area contributed by atoms with Crippen molar-refractivity contribution in [2.24, 2.45) is 0 Å². The predicted octanol–water partition coefficient (Wildman–Crippen LogP) is 1.67. The number of nitrogens with zero attached hydrogens (tertiary/aromatic N) is 3. The van der Waals surface area contributed by atoms with Gasteiger partial charge in [0.25, 0.3) is 16.1 Å². The van der Waals surface area contributed by atoms with Gasteiger partial charge in [0.1, 0.15) is 11.9 Å². The molecule has 2 aliphatic rings. The Labute approximate surface area is 200 Å². The van der Waals surface area contributed by atoms with E-state index in [0.29, 0.717) is 24.2 Å². The highest BCUT2D eigenvalue weighted by molar-refractivity contribution is 7.87. The normalized spacial score (nSPS) is 18.4. The molecule has 9 nitrogen and oxygen atoms in total. The van der Waals surface area contributed by atoms with Gasteiger partial charge in [0.2, 0.25) is 11.8 Å². The van der Waals surface area contributed by atoms with Crippen LogP contribution in [0.4, 0.5) is 18.9 Å². The number of carbonyl (C=O) groups excluding carboxylic acids is 2. The van der Waals surface area contributed by atoms with E-state index in [9.17, 15) is 31.2 Å². The summed E-state index contributed by atoms with van der Waals surface area (Å²) < 4.78 is 68.5. The van der Waals surface area contributed by atoms with E-state index in [1.807, 2.05) is 0 Å². The van der Waals surface area contributed by atoms with Crippen LogP contribution in [-0.4, -0.2) is 61.1 Å². The van der Waals surface area contributed by atoms with Crippen LogP contribution in [0.3, 0.4) is 0 Å². The molecule has 35 heavy (non-hydrogen) atoms. The van der Waals surface area contributed by atoms with Gasteiger partial charge in [-0.1, -0.05) is 24.3 Å². The van der Waals surface area contributed by atoms with Gasteiger partial charge in [0, 0.05) is 38.0 Å². The van der Waals surface area contributed by atoms with Crippen molar-refractivity contribution in [3.8, 4) is 0 Å².